The van der Waals surface area contributed by atoms with Crippen LogP contribution in [0.1, 0.15) is 40.7 Å². The Morgan fingerprint density at radius 3 is 1.92 bits per heavy atom. The molecule has 0 saturated heterocycles. The summed E-state index contributed by atoms with van der Waals surface area (Å²) < 4.78 is 0. The largest absolute Gasteiger partial charge is 0.309 e. The van der Waals surface area contributed by atoms with E-state index in [1.807, 2.05) is 66.7 Å². The smallest absolute Gasteiger partial charge is 0.191 e. The van der Waals surface area contributed by atoms with Gasteiger partial charge in [-0.25, -0.2) is 0 Å². The highest BCUT2D eigenvalue weighted by Gasteiger charge is 2.34. The van der Waals surface area contributed by atoms with E-state index in [-0.39, 0.29) is 5.78 Å². The summed E-state index contributed by atoms with van der Waals surface area (Å²) in [6, 6.07) is 38.5. The molecule has 2 aliphatic rings. The first-order valence-electron chi connectivity index (χ1n) is 12.7. The van der Waals surface area contributed by atoms with Gasteiger partial charge in [0.15, 0.2) is 5.78 Å². The molecule has 0 spiro atoms. The van der Waals surface area contributed by atoms with Gasteiger partial charge in [-0.2, -0.15) is 0 Å². The Labute approximate surface area is 222 Å². The van der Waals surface area contributed by atoms with Crippen LogP contribution >= 0.6 is 11.6 Å². The third-order valence-corrected chi connectivity index (χ3v) is 7.30. The summed E-state index contributed by atoms with van der Waals surface area (Å²) in [5.41, 5.74) is 9.26. The van der Waals surface area contributed by atoms with Crippen LogP contribution in [0.3, 0.4) is 0 Å². The summed E-state index contributed by atoms with van der Waals surface area (Å²) in [5, 5.41) is 0.685. The number of carbonyl (C=O) groups is 1. The lowest BCUT2D eigenvalue weighted by Gasteiger charge is -2.39. The number of hydrogen-bond donors (Lipinski definition) is 0. The van der Waals surface area contributed by atoms with Gasteiger partial charge in [0.25, 0.3) is 0 Å². The molecule has 0 amide bonds. The van der Waals surface area contributed by atoms with Gasteiger partial charge in [0.2, 0.25) is 0 Å². The highest BCUT2D eigenvalue weighted by molar-refractivity contribution is 6.30. The molecule has 2 nitrogen and oxygen atoms in total. The van der Waals surface area contributed by atoms with E-state index in [0.717, 1.165) is 58.6 Å². The molecule has 0 atom stereocenters. The Morgan fingerprint density at radius 2 is 1.27 bits per heavy atom. The summed E-state index contributed by atoms with van der Waals surface area (Å²) in [5.74, 6) is 0.0912. The minimum Gasteiger partial charge on any atom is -0.309 e. The number of allylic oxidation sites excluding steroid dienone is 4. The Bertz CT molecular complexity index is 1530. The molecule has 3 heteroatoms. The van der Waals surface area contributed by atoms with Crippen molar-refractivity contribution in [2.24, 2.45) is 0 Å². The maximum absolute atomic E-state index is 14.0. The molecule has 0 fully saturated rings. The summed E-state index contributed by atoms with van der Waals surface area (Å²) >= 11 is 6.30. The van der Waals surface area contributed by atoms with Crippen molar-refractivity contribution in [2.75, 3.05) is 4.90 Å². The van der Waals surface area contributed by atoms with Crippen LogP contribution in [0.15, 0.2) is 138 Å². The van der Waals surface area contributed by atoms with Crippen LogP contribution in [-0.2, 0) is 0 Å². The van der Waals surface area contributed by atoms with Gasteiger partial charge in [-0.1, -0.05) is 103 Å². The molecular formula is C34H26ClNO. The number of fused-ring (bicyclic) bond motifs is 1. The third kappa shape index (κ3) is 4.45. The summed E-state index contributed by atoms with van der Waals surface area (Å²) in [6.07, 6.45) is 4.87. The number of carbonyl (C=O) groups excluding carboxylic acids is 1. The number of halogens is 1. The number of hydrogen-bond acceptors (Lipinski definition) is 2. The number of Topliss-reactive ketones (excluding diaryl/α,β-unsaturated/α-hetero) is 1. The lowest BCUT2D eigenvalue weighted by Crippen LogP contribution is -2.30. The summed E-state index contributed by atoms with van der Waals surface area (Å²) in [6.45, 7) is 0. The van der Waals surface area contributed by atoms with Crippen molar-refractivity contribution in [2.45, 2.75) is 19.3 Å². The van der Waals surface area contributed by atoms with Gasteiger partial charge < -0.3 is 4.90 Å². The second kappa shape index (κ2) is 10.1. The Hall–Kier alpha value is -4.14. The second-order valence-corrected chi connectivity index (χ2v) is 9.78. The van der Waals surface area contributed by atoms with Gasteiger partial charge in [0.05, 0.1) is 11.4 Å². The van der Waals surface area contributed by atoms with Crippen molar-refractivity contribution >= 4 is 34.3 Å². The summed E-state index contributed by atoms with van der Waals surface area (Å²) in [7, 11) is 0. The van der Waals surface area contributed by atoms with Crippen molar-refractivity contribution < 1.29 is 4.79 Å². The van der Waals surface area contributed by atoms with Crippen LogP contribution in [0.2, 0.25) is 5.02 Å². The molecule has 0 aromatic heterocycles. The van der Waals surface area contributed by atoms with Gasteiger partial charge in [0, 0.05) is 21.8 Å². The molecule has 180 valence electrons. The van der Waals surface area contributed by atoms with Gasteiger partial charge in [-0.3, -0.25) is 4.79 Å². The van der Waals surface area contributed by atoms with Crippen LogP contribution in [0.5, 0.6) is 0 Å². The number of ketones is 1. The zero-order chi connectivity index (χ0) is 25.2. The molecule has 0 N–H and O–H groups in total. The van der Waals surface area contributed by atoms with Gasteiger partial charge in [0.1, 0.15) is 0 Å². The molecule has 37 heavy (non-hydrogen) atoms. The van der Waals surface area contributed by atoms with Crippen molar-refractivity contribution in [3.05, 3.63) is 160 Å². The van der Waals surface area contributed by atoms with E-state index in [9.17, 15) is 4.79 Å². The fourth-order valence-corrected chi connectivity index (χ4v) is 5.47. The van der Waals surface area contributed by atoms with E-state index in [0.29, 0.717) is 5.02 Å². The van der Waals surface area contributed by atoms with Crippen molar-refractivity contribution in [3.8, 4) is 0 Å². The Kier molecular flexibility index (Phi) is 6.34. The van der Waals surface area contributed by atoms with E-state index >= 15 is 0 Å². The third-order valence-electron chi connectivity index (χ3n) is 7.05. The van der Waals surface area contributed by atoms with Crippen LogP contribution in [0, 0.1) is 0 Å². The van der Waals surface area contributed by atoms with Gasteiger partial charge in [-0.15, -0.1) is 0 Å². The first-order chi connectivity index (χ1) is 18.2. The van der Waals surface area contributed by atoms with Gasteiger partial charge >= 0.3 is 0 Å². The standard InChI is InChI=1S/C34H26ClNO/c35-27-19-21-28(22-20-27)36-32(25-13-6-2-7-14-25)23-31(24-11-4-1-5-12-24)29-17-10-18-30(33(29)36)34(37)26-15-8-3-9-16-26/h1-9,11-16,19-23H,10,17-18H2. The quantitative estimate of drug-likeness (QED) is 0.255. The number of nitrogens with zero attached hydrogens (tertiary/aromatic N) is 1. The zero-order valence-corrected chi connectivity index (χ0v) is 21.2. The SMILES string of the molecule is O=C(C1=C2C(=C(c3ccccc3)C=C(c3ccccc3)N2c2ccc(Cl)cc2)CCC1)c1ccccc1. The van der Waals surface area contributed by atoms with E-state index < -0.39 is 0 Å². The van der Waals surface area contributed by atoms with Crippen LogP contribution in [0.4, 0.5) is 5.69 Å². The van der Waals surface area contributed by atoms with E-state index in [1.54, 1.807) is 0 Å². The highest BCUT2D eigenvalue weighted by Crippen LogP contribution is 2.47. The highest BCUT2D eigenvalue weighted by atomic mass is 35.5. The lowest BCUT2D eigenvalue weighted by atomic mass is 9.80. The molecule has 0 bridgehead atoms. The van der Waals surface area contributed by atoms with E-state index in [2.05, 4.69) is 59.5 Å². The topological polar surface area (TPSA) is 20.3 Å². The molecule has 1 aliphatic heterocycles. The fraction of sp³-hybridized carbons (Fsp3) is 0.0882. The monoisotopic (exact) mass is 499 g/mol. The molecule has 4 aromatic rings. The number of anilines is 1. The molecule has 0 radical (unpaired) electrons. The van der Waals surface area contributed by atoms with Crippen molar-refractivity contribution in [3.63, 3.8) is 0 Å². The fourth-order valence-electron chi connectivity index (χ4n) is 5.34. The van der Waals surface area contributed by atoms with Crippen LogP contribution < -0.4 is 4.90 Å². The van der Waals surface area contributed by atoms with Crippen LogP contribution in [-0.4, -0.2) is 5.78 Å². The van der Waals surface area contributed by atoms with Gasteiger partial charge in [-0.05, 0) is 71.9 Å². The average molecular weight is 500 g/mol. The second-order valence-electron chi connectivity index (χ2n) is 9.34. The predicted octanol–water partition coefficient (Wildman–Crippen LogP) is 8.98. The molecule has 0 unspecified atom stereocenters. The minimum atomic E-state index is 0.0912. The van der Waals surface area contributed by atoms with Crippen molar-refractivity contribution in [1.82, 2.24) is 0 Å². The Morgan fingerprint density at radius 1 is 0.676 bits per heavy atom. The maximum atomic E-state index is 14.0. The molecular weight excluding hydrogens is 474 g/mol. The normalized spacial score (nSPS) is 15.4. The predicted molar refractivity (Wildman–Crippen MR) is 153 cm³/mol. The minimum absolute atomic E-state index is 0.0912. The first kappa shape index (κ1) is 23.3. The van der Waals surface area contributed by atoms with E-state index in [4.69, 9.17) is 11.6 Å². The van der Waals surface area contributed by atoms with Crippen molar-refractivity contribution in [1.29, 1.82) is 0 Å². The number of rotatable bonds is 5. The Balaban J connectivity index is 1.67. The first-order valence-corrected chi connectivity index (χ1v) is 13.0. The van der Waals surface area contributed by atoms with Crippen LogP contribution in [0.25, 0.3) is 11.3 Å². The number of benzene rings is 4. The molecule has 6 rings (SSSR count). The molecule has 4 aromatic carbocycles. The molecule has 1 aliphatic carbocycles. The summed E-state index contributed by atoms with van der Waals surface area (Å²) in [4.78, 5) is 16.3. The lowest BCUT2D eigenvalue weighted by molar-refractivity contribution is 0.102. The average Bonchev–Trinajstić information content (AvgIpc) is 2.97. The molecule has 1 heterocycles. The zero-order valence-electron chi connectivity index (χ0n) is 20.4. The maximum Gasteiger partial charge on any atom is 0.191 e. The van der Waals surface area contributed by atoms with E-state index in [1.165, 1.54) is 11.1 Å². The molecule has 0 saturated carbocycles.